The molecular formula is C26H24N2O2S. The predicted molar refractivity (Wildman–Crippen MR) is 126 cm³/mol. The van der Waals surface area contributed by atoms with E-state index in [2.05, 4.69) is 22.4 Å². The van der Waals surface area contributed by atoms with Gasteiger partial charge in [-0.3, -0.25) is 4.79 Å². The summed E-state index contributed by atoms with van der Waals surface area (Å²) in [4.78, 5) is 17.5. The zero-order valence-corrected chi connectivity index (χ0v) is 18.3. The number of nitrogens with zero attached hydrogens (tertiary/aromatic N) is 1. The Hall–Kier alpha value is -3.44. The molecule has 0 saturated carbocycles. The van der Waals surface area contributed by atoms with Crippen molar-refractivity contribution in [2.75, 3.05) is 5.32 Å². The number of carbonyl (C=O) groups excluding carboxylic acids is 1. The van der Waals surface area contributed by atoms with Crippen molar-refractivity contribution in [2.45, 2.75) is 19.8 Å². The summed E-state index contributed by atoms with van der Waals surface area (Å²) in [5.41, 5.74) is 1.42. The largest absolute Gasteiger partial charge is 0.457 e. The number of nitrogens with one attached hydrogen (secondary N) is 1. The molecule has 0 aliphatic heterocycles. The number of hydrogen-bond acceptors (Lipinski definition) is 4. The zero-order valence-electron chi connectivity index (χ0n) is 17.5. The van der Waals surface area contributed by atoms with Crippen LogP contribution in [-0.2, 0) is 4.79 Å². The smallest absolute Gasteiger partial charge is 0.232 e. The number of amides is 1. The first-order valence-corrected chi connectivity index (χ1v) is 11.0. The SMILES string of the molecule is CC(C)(C(=O)Nc1nccs1)C(c1ccccc1)c1ccc(Oc2ccccc2)cc1. The van der Waals surface area contributed by atoms with Gasteiger partial charge in [-0.1, -0.05) is 74.5 Å². The minimum absolute atomic E-state index is 0.0686. The summed E-state index contributed by atoms with van der Waals surface area (Å²) in [6.45, 7) is 3.95. The van der Waals surface area contributed by atoms with Crippen molar-refractivity contribution in [3.05, 3.63) is 108 Å². The molecule has 1 heterocycles. The fourth-order valence-electron chi connectivity index (χ4n) is 3.70. The topological polar surface area (TPSA) is 51.2 Å². The first-order valence-electron chi connectivity index (χ1n) is 10.1. The molecule has 3 aromatic carbocycles. The van der Waals surface area contributed by atoms with Crippen LogP contribution in [0.4, 0.5) is 5.13 Å². The van der Waals surface area contributed by atoms with Gasteiger partial charge in [-0.25, -0.2) is 4.98 Å². The van der Waals surface area contributed by atoms with Gasteiger partial charge in [0.15, 0.2) is 5.13 Å². The summed E-state index contributed by atoms with van der Waals surface area (Å²) < 4.78 is 5.94. The lowest BCUT2D eigenvalue weighted by Crippen LogP contribution is -2.37. The van der Waals surface area contributed by atoms with Gasteiger partial charge in [0.05, 0.1) is 5.41 Å². The molecule has 1 unspecified atom stereocenters. The number of aromatic nitrogens is 1. The Morgan fingerprint density at radius 2 is 1.45 bits per heavy atom. The average Bonchev–Trinajstić information content (AvgIpc) is 3.29. The molecular weight excluding hydrogens is 404 g/mol. The van der Waals surface area contributed by atoms with Gasteiger partial charge in [-0.15, -0.1) is 11.3 Å². The lowest BCUT2D eigenvalue weighted by molar-refractivity contribution is -0.124. The number of benzene rings is 3. The van der Waals surface area contributed by atoms with Crippen LogP contribution in [0.1, 0.15) is 30.9 Å². The summed E-state index contributed by atoms with van der Waals surface area (Å²) in [5.74, 6) is 1.34. The highest BCUT2D eigenvalue weighted by Gasteiger charge is 2.39. The van der Waals surface area contributed by atoms with Crippen LogP contribution in [0, 0.1) is 5.41 Å². The van der Waals surface area contributed by atoms with E-state index in [1.54, 1.807) is 6.20 Å². The van der Waals surface area contributed by atoms with E-state index in [1.165, 1.54) is 11.3 Å². The number of carbonyl (C=O) groups is 1. The highest BCUT2D eigenvalue weighted by molar-refractivity contribution is 7.13. The van der Waals surface area contributed by atoms with E-state index in [-0.39, 0.29) is 11.8 Å². The van der Waals surface area contributed by atoms with Crippen molar-refractivity contribution in [1.29, 1.82) is 0 Å². The summed E-state index contributed by atoms with van der Waals surface area (Å²) >= 11 is 1.41. The Labute approximate surface area is 186 Å². The summed E-state index contributed by atoms with van der Waals surface area (Å²) in [6.07, 6.45) is 1.69. The number of rotatable bonds is 7. The lowest BCUT2D eigenvalue weighted by atomic mass is 9.70. The molecule has 0 aliphatic rings. The maximum absolute atomic E-state index is 13.3. The average molecular weight is 429 g/mol. The summed E-state index contributed by atoms with van der Waals surface area (Å²) in [7, 11) is 0. The molecule has 0 radical (unpaired) electrons. The van der Waals surface area contributed by atoms with Gasteiger partial charge in [0.2, 0.25) is 5.91 Å². The van der Waals surface area contributed by atoms with Crippen LogP contribution in [-0.4, -0.2) is 10.9 Å². The molecule has 4 nitrogen and oxygen atoms in total. The highest BCUT2D eigenvalue weighted by Crippen LogP contribution is 2.42. The van der Waals surface area contributed by atoms with E-state index in [9.17, 15) is 4.79 Å². The van der Waals surface area contributed by atoms with Crippen LogP contribution in [0.3, 0.4) is 0 Å². The Morgan fingerprint density at radius 3 is 2.06 bits per heavy atom. The molecule has 4 aromatic rings. The Morgan fingerprint density at radius 1 is 0.871 bits per heavy atom. The quantitative estimate of drug-likeness (QED) is 0.355. The molecule has 1 amide bonds. The first-order chi connectivity index (χ1) is 15.0. The highest BCUT2D eigenvalue weighted by atomic mass is 32.1. The summed E-state index contributed by atoms with van der Waals surface area (Å²) in [5, 5.41) is 5.43. The van der Waals surface area contributed by atoms with Crippen LogP contribution >= 0.6 is 11.3 Å². The van der Waals surface area contributed by atoms with E-state index in [4.69, 9.17) is 4.74 Å². The van der Waals surface area contributed by atoms with E-state index in [0.717, 1.165) is 22.6 Å². The maximum Gasteiger partial charge on any atom is 0.232 e. The Bertz CT molecular complexity index is 1110. The van der Waals surface area contributed by atoms with Crippen molar-refractivity contribution in [2.24, 2.45) is 5.41 Å². The molecule has 5 heteroatoms. The Balaban J connectivity index is 1.64. The monoisotopic (exact) mass is 428 g/mol. The van der Waals surface area contributed by atoms with Crippen molar-refractivity contribution >= 4 is 22.4 Å². The van der Waals surface area contributed by atoms with Gasteiger partial charge in [0, 0.05) is 17.5 Å². The molecule has 156 valence electrons. The van der Waals surface area contributed by atoms with E-state index in [1.807, 2.05) is 92.0 Å². The fourth-order valence-corrected chi connectivity index (χ4v) is 4.22. The zero-order chi connectivity index (χ0) is 21.7. The van der Waals surface area contributed by atoms with Crippen LogP contribution in [0.5, 0.6) is 11.5 Å². The van der Waals surface area contributed by atoms with Gasteiger partial charge in [0.1, 0.15) is 11.5 Å². The van der Waals surface area contributed by atoms with Crippen molar-refractivity contribution in [1.82, 2.24) is 4.98 Å². The number of thiazole rings is 1. The standard InChI is InChI=1S/C26H24N2O2S/c1-26(2,24(29)28-25-27-17-18-31-25)23(19-9-5-3-6-10-19)20-13-15-22(16-14-20)30-21-11-7-4-8-12-21/h3-18,23H,1-2H3,(H,27,28,29). The Kier molecular flexibility index (Phi) is 6.14. The van der Waals surface area contributed by atoms with Crippen molar-refractivity contribution in [3.8, 4) is 11.5 Å². The third-order valence-electron chi connectivity index (χ3n) is 5.28. The fraction of sp³-hybridized carbons (Fsp3) is 0.154. The first kappa shape index (κ1) is 20.8. The van der Waals surface area contributed by atoms with E-state index >= 15 is 0 Å². The van der Waals surface area contributed by atoms with Crippen LogP contribution in [0.2, 0.25) is 0 Å². The minimum Gasteiger partial charge on any atom is -0.457 e. The number of ether oxygens (including phenoxy) is 1. The number of hydrogen-bond donors (Lipinski definition) is 1. The normalized spacial score (nSPS) is 12.2. The van der Waals surface area contributed by atoms with Gasteiger partial charge < -0.3 is 10.1 Å². The second-order valence-corrected chi connectivity index (χ2v) is 8.74. The minimum atomic E-state index is -0.713. The third kappa shape index (κ3) is 4.84. The number of anilines is 1. The maximum atomic E-state index is 13.3. The molecule has 0 fully saturated rings. The second-order valence-electron chi connectivity index (χ2n) is 7.84. The predicted octanol–water partition coefficient (Wildman–Crippen LogP) is 6.73. The molecule has 1 atom stereocenters. The molecule has 1 N–H and O–H groups in total. The van der Waals surface area contributed by atoms with Crippen LogP contribution in [0.15, 0.2) is 96.5 Å². The van der Waals surface area contributed by atoms with Gasteiger partial charge in [-0.2, -0.15) is 0 Å². The number of para-hydroxylation sites is 1. The van der Waals surface area contributed by atoms with Gasteiger partial charge in [0.25, 0.3) is 0 Å². The van der Waals surface area contributed by atoms with Crippen molar-refractivity contribution in [3.63, 3.8) is 0 Å². The van der Waals surface area contributed by atoms with Gasteiger partial charge >= 0.3 is 0 Å². The van der Waals surface area contributed by atoms with Crippen LogP contribution < -0.4 is 10.1 Å². The van der Waals surface area contributed by atoms with E-state index < -0.39 is 5.41 Å². The van der Waals surface area contributed by atoms with Crippen molar-refractivity contribution < 1.29 is 9.53 Å². The molecule has 0 spiro atoms. The summed E-state index contributed by atoms with van der Waals surface area (Å²) in [6, 6.07) is 27.8. The van der Waals surface area contributed by atoms with Crippen LogP contribution in [0.25, 0.3) is 0 Å². The molecule has 0 saturated heterocycles. The second kappa shape index (κ2) is 9.14. The molecule has 31 heavy (non-hydrogen) atoms. The lowest BCUT2D eigenvalue weighted by Gasteiger charge is -2.34. The molecule has 1 aromatic heterocycles. The molecule has 4 rings (SSSR count). The molecule has 0 aliphatic carbocycles. The van der Waals surface area contributed by atoms with E-state index in [0.29, 0.717) is 5.13 Å². The van der Waals surface area contributed by atoms with Gasteiger partial charge in [-0.05, 0) is 35.4 Å². The molecule has 0 bridgehead atoms. The third-order valence-corrected chi connectivity index (χ3v) is 5.97.